The van der Waals surface area contributed by atoms with Gasteiger partial charge < -0.3 is 20.1 Å². The molecule has 1 aromatic carbocycles. The number of morpholine rings is 1. The minimum atomic E-state index is -0.482. The number of carbonyl (C=O) groups excluding carboxylic acids is 1. The molecule has 1 aliphatic heterocycles. The molecule has 2 N–H and O–H groups in total. The van der Waals surface area contributed by atoms with Crippen LogP contribution in [0.25, 0.3) is 0 Å². The first-order valence-corrected chi connectivity index (χ1v) is 8.13. The Hall–Kier alpha value is -1.66. The van der Waals surface area contributed by atoms with Crippen LogP contribution in [0.4, 0.5) is 9.18 Å². The van der Waals surface area contributed by atoms with Crippen LogP contribution in [0.15, 0.2) is 24.3 Å². The van der Waals surface area contributed by atoms with Gasteiger partial charge in [0, 0.05) is 18.5 Å². The molecule has 0 aromatic heterocycles. The number of nitrogens with zero attached hydrogens (tertiary/aromatic N) is 1. The van der Waals surface area contributed by atoms with E-state index in [2.05, 4.69) is 5.32 Å². The van der Waals surface area contributed by atoms with Crippen LogP contribution in [0.3, 0.4) is 0 Å². The zero-order chi connectivity index (χ0) is 16.4. The van der Waals surface area contributed by atoms with Gasteiger partial charge in [-0.15, -0.1) is 0 Å². The molecule has 0 unspecified atom stereocenters. The molecular weight excluding hydrogens is 299 g/mol. The van der Waals surface area contributed by atoms with E-state index in [-0.39, 0.29) is 29.8 Å². The molecule has 1 aliphatic carbocycles. The highest BCUT2D eigenvalue weighted by atomic mass is 19.1. The van der Waals surface area contributed by atoms with Gasteiger partial charge in [0.05, 0.1) is 25.4 Å². The number of aliphatic hydroxyl groups excluding tert-OH is 1. The topological polar surface area (TPSA) is 61.8 Å². The zero-order valence-corrected chi connectivity index (χ0v) is 13.2. The molecule has 0 spiro atoms. The van der Waals surface area contributed by atoms with Crippen molar-refractivity contribution in [1.82, 2.24) is 10.2 Å². The third-order valence-electron chi connectivity index (χ3n) is 4.51. The third-order valence-corrected chi connectivity index (χ3v) is 4.51. The van der Waals surface area contributed by atoms with E-state index in [1.54, 1.807) is 24.0 Å². The van der Waals surface area contributed by atoms with E-state index in [0.29, 0.717) is 31.7 Å². The van der Waals surface area contributed by atoms with Crippen molar-refractivity contribution in [1.29, 1.82) is 0 Å². The summed E-state index contributed by atoms with van der Waals surface area (Å²) in [5, 5.41) is 12.5. The van der Waals surface area contributed by atoms with E-state index in [1.165, 1.54) is 6.07 Å². The molecular formula is C17H23FN2O3. The van der Waals surface area contributed by atoms with Crippen LogP contribution < -0.4 is 5.32 Å². The lowest BCUT2D eigenvalue weighted by atomic mass is 10.1. The summed E-state index contributed by atoms with van der Waals surface area (Å²) in [7, 11) is 0. The number of aliphatic hydroxyl groups is 1. The molecule has 23 heavy (non-hydrogen) atoms. The second-order valence-corrected chi connectivity index (χ2v) is 6.43. The van der Waals surface area contributed by atoms with Crippen molar-refractivity contribution in [2.45, 2.75) is 43.9 Å². The fraction of sp³-hybridized carbons (Fsp3) is 0.588. The Labute approximate surface area is 135 Å². The van der Waals surface area contributed by atoms with Gasteiger partial charge in [-0.3, -0.25) is 0 Å². The van der Waals surface area contributed by atoms with E-state index in [1.807, 2.05) is 6.07 Å². The molecule has 5 nitrogen and oxygen atoms in total. The molecule has 2 fully saturated rings. The van der Waals surface area contributed by atoms with Crippen LogP contribution >= 0.6 is 0 Å². The molecule has 6 heteroatoms. The summed E-state index contributed by atoms with van der Waals surface area (Å²) in [6, 6.07) is 6.43. The monoisotopic (exact) mass is 322 g/mol. The highest BCUT2D eigenvalue weighted by Crippen LogP contribution is 2.41. The fourth-order valence-corrected chi connectivity index (χ4v) is 3.23. The van der Waals surface area contributed by atoms with Crippen LogP contribution in [0.2, 0.25) is 0 Å². The Morgan fingerprint density at radius 1 is 1.52 bits per heavy atom. The average molecular weight is 322 g/mol. The van der Waals surface area contributed by atoms with Gasteiger partial charge in [0.2, 0.25) is 0 Å². The molecule has 1 aromatic rings. The smallest absolute Gasteiger partial charge is 0.318 e. The Morgan fingerprint density at radius 2 is 2.30 bits per heavy atom. The Balaban J connectivity index is 1.58. The van der Waals surface area contributed by atoms with Gasteiger partial charge in [-0.1, -0.05) is 18.2 Å². The minimum Gasteiger partial charge on any atom is -0.393 e. The number of carbonyl (C=O) groups is 1. The molecule has 1 saturated heterocycles. The number of nitrogens with one attached hydrogen (secondary N) is 1. The van der Waals surface area contributed by atoms with Crippen LogP contribution in [0.1, 0.15) is 31.2 Å². The van der Waals surface area contributed by atoms with Crippen molar-refractivity contribution in [3.05, 3.63) is 35.6 Å². The number of rotatable bonds is 4. The number of urea groups is 1. The van der Waals surface area contributed by atoms with Gasteiger partial charge in [0.25, 0.3) is 0 Å². The Kier molecular flexibility index (Phi) is 4.82. The molecule has 0 radical (unpaired) electrons. The Bertz CT molecular complexity index is 567. The van der Waals surface area contributed by atoms with Gasteiger partial charge in [-0.25, -0.2) is 9.18 Å². The number of hydrogen-bond acceptors (Lipinski definition) is 3. The highest BCUT2D eigenvalue weighted by Gasteiger charge is 2.42. The molecule has 2 amide bonds. The molecule has 4 atom stereocenters. The van der Waals surface area contributed by atoms with Gasteiger partial charge in [-0.05, 0) is 31.4 Å². The van der Waals surface area contributed by atoms with E-state index in [0.717, 1.165) is 6.42 Å². The highest BCUT2D eigenvalue weighted by molar-refractivity contribution is 5.75. The van der Waals surface area contributed by atoms with Crippen molar-refractivity contribution < 1.29 is 19.0 Å². The van der Waals surface area contributed by atoms with E-state index in [9.17, 15) is 14.3 Å². The second-order valence-electron chi connectivity index (χ2n) is 6.43. The van der Waals surface area contributed by atoms with Crippen LogP contribution in [-0.2, 0) is 4.74 Å². The lowest BCUT2D eigenvalue weighted by molar-refractivity contribution is -0.00439. The lowest BCUT2D eigenvalue weighted by Gasteiger charge is -2.36. The summed E-state index contributed by atoms with van der Waals surface area (Å²) in [6.07, 6.45) is 0.775. The second kappa shape index (κ2) is 6.84. The van der Waals surface area contributed by atoms with Gasteiger partial charge in [-0.2, -0.15) is 0 Å². The van der Waals surface area contributed by atoms with Gasteiger partial charge in [0.1, 0.15) is 5.82 Å². The lowest BCUT2D eigenvalue weighted by Crippen LogP contribution is -2.53. The normalized spacial score (nSPS) is 28.3. The summed E-state index contributed by atoms with van der Waals surface area (Å²) in [4.78, 5) is 14.2. The maximum absolute atomic E-state index is 13.8. The average Bonchev–Trinajstić information content (AvgIpc) is 3.26. The predicted octanol–water partition coefficient (Wildman–Crippen LogP) is 1.86. The van der Waals surface area contributed by atoms with Gasteiger partial charge >= 0.3 is 6.03 Å². The van der Waals surface area contributed by atoms with Crippen molar-refractivity contribution in [3.63, 3.8) is 0 Å². The quantitative estimate of drug-likeness (QED) is 0.889. The van der Waals surface area contributed by atoms with E-state index >= 15 is 0 Å². The summed E-state index contributed by atoms with van der Waals surface area (Å²) in [5.74, 6) is -0.163. The molecule has 0 bridgehead atoms. The van der Waals surface area contributed by atoms with Crippen molar-refractivity contribution in [2.24, 2.45) is 0 Å². The van der Waals surface area contributed by atoms with Crippen LogP contribution in [0.5, 0.6) is 0 Å². The zero-order valence-electron chi connectivity index (χ0n) is 13.2. The minimum absolute atomic E-state index is 0.0190. The predicted molar refractivity (Wildman–Crippen MR) is 83.7 cm³/mol. The number of benzene rings is 1. The summed E-state index contributed by atoms with van der Waals surface area (Å²) >= 11 is 0. The fourth-order valence-electron chi connectivity index (χ4n) is 3.23. The first-order chi connectivity index (χ1) is 11.1. The first-order valence-electron chi connectivity index (χ1n) is 8.13. The van der Waals surface area contributed by atoms with Gasteiger partial charge in [0.15, 0.2) is 0 Å². The largest absolute Gasteiger partial charge is 0.393 e. The summed E-state index contributed by atoms with van der Waals surface area (Å²) in [6.45, 7) is 3.17. The van der Waals surface area contributed by atoms with Crippen LogP contribution in [-0.4, -0.2) is 54.0 Å². The first kappa shape index (κ1) is 16.2. The number of halogens is 1. The van der Waals surface area contributed by atoms with Crippen molar-refractivity contribution >= 4 is 6.03 Å². The number of hydrogen-bond donors (Lipinski definition) is 2. The maximum Gasteiger partial charge on any atom is 0.318 e. The number of amides is 2. The van der Waals surface area contributed by atoms with E-state index in [4.69, 9.17) is 4.74 Å². The number of ether oxygens (including phenoxy) is 1. The standard InChI is InChI=1S/C17H23FN2O3/c1-11(21)8-12-10-23-7-6-20(12)17(22)19-16-9-14(16)13-4-2-3-5-15(13)18/h2-5,11-12,14,16,21H,6-10H2,1H3,(H,19,22)/t11-,12+,14+,16+/m0/s1. The van der Waals surface area contributed by atoms with Crippen molar-refractivity contribution in [3.8, 4) is 0 Å². The molecule has 2 aliphatic rings. The molecule has 3 rings (SSSR count). The molecule has 1 saturated carbocycles. The summed E-state index contributed by atoms with van der Waals surface area (Å²) in [5.41, 5.74) is 0.667. The van der Waals surface area contributed by atoms with E-state index < -0.39 is 6.10 Å². The third kappa shape index (κ3) is 3.82. The summed E-state index contributed by atoms with van der Waals surface area (Å²) < 4.78 is 19.2. The molecule has 1 heterocycles. The SMILES string of the molecule is C[C@H](O)C[C@@H]1COCCN1C(=O)N[C@@H]1C[C@@H]1c1ccccc1F. The Morgan fingerprint density at radius 3 is 3.04 bits per heavy atom. The van der Waals surface area contributed by atoms with Crippen molar-refractivity contribution in [2.75, 3.05) is 19.8 Å². The molecule has 126 valence electrons. The maximum atomic E-state index is 13.8. The van der Waals surface area contributed by atoms with Crippen LogP contribution in [0, 0.1) is 5.82 Å².